The van der Waals surface area contributed by atoms with Crippen molar-refractivity contribution in [2.24, 2.45) is 4.99 Å². The SMILES string of the molecule is CCNC(=NCc1ccccc1OCCN(C)C)N1CCN(C(=O)OCC)CC1.I. The first-order valence-corrected chi connectivity index (χ1v) is 10.4. The summed E-state index contributed by atoms with van der Waals surface area (Å²) in [7, 11) is 4.06. The first-order valence-electron chi connectivity index (χ1n) is 10.4. The van der Waals surface area contributed by atoms with E-state index >= 15 is 0 Å². The van der Waals surface area contributed by atoms with Gasteiger partial charge in [0.05, 0.1) is 13.2 Å². The largest absolute Gasteiger partial charge is 0.492 e. The molecule has 1 N–H and O–H groups in total. The van der Waals surface area contributed by atoms with Crippen molar-refractivity contribution in [1.29, 1.82) is 0 Å². The third kappa shape index (κ3) is 8.55. The molecule has 1 saturated heterocycles. The number of likely N-dealkylation sites (N-methyl/N-ethyl adjacent to an activating group) is 1. The summed E-state index contributed by atoms with van der Waals surface area (Å²) in [4.78, 5) is 22.8. The van der Waals surface area contributed by atoms with Crippen LogP contribution in [0.15, 0.2) is 29.3 Å². The van der Waals surface area contributed by atoms with E-state index in [4.69, 9.17) is 14.5 Å². The standard InChI is InChI=1S/C21H35N5O3.HI/c1-5-22-20(25-11-13-26(14-12-25)21(27)28-6-2)23-17-18-9-7-8-10-19(18)29-16-15-24(3)4;/h7-10H,5-6,11-17H2,1-4H3,(H,22,23);1H. The molecule has 0 aromatic heterocycles. The number of carbonyl (C=O) groups is 1. The molecule has 1 aliphatic heterocycles. The highest BCUT2D eigenvalue weighted by molar-refractivity contribution is 14.0. The fraction of sp³-hybridized carbons (Fsp3) is 0.619. The number of guanidine groups is 1. The summed E-state index contributed by atoms with van der Waals surface area (Å²) in [5, 5.41) is 3.36. The van der Waals surface area contributed by atoms with Crippen LogP contribution in [0.25, 0.3) is 0 Å². The minimum Gasteiger partial charge on any atom is -0.492 e. The van der Waals surface area contributed by atoms with Crippen LogP contribution in [0.2, 0.25) is 0 Å². The molecule has 0 atom stereocenters. The molecular weight excluding hydrogens is 497 g/mol. The van der Waals surface area contributed by atoms with E-state index in [1.54, 1.807) is 4.90 Å². The third-order valence-corrected chi connectivity index (χ3v) is 4.61. The second-order valence-electron chi connectivity index (χ2n) is 7.10. The minimum atomic E-state index is -0.238. The maximum absolute atomic E-state index is 11.9. The monoisotopic (exact) mass is 533 g/mol. The molecule has 1 fully saturated rings. The Bertz CT molecular complexity index is 664. The molecule has 9 heteroatoms. The quantitative estimate of drug-likeness (QED) is 0.315. The van der Waals surface area contributed by atoms with E-state index < -0.39 is 0 Å². The molecular formula is C21H36IN5O3. The van der Waals surface area contributed by atoms with Crippen LogP contribution >= 0.6 is 24.0 Å². The van der Waals surface area contributed by atoms with Crippen LogP contribution in [-0.2, 0) is 11.3 Å². The Morgan fingerprint density at radius 2 is 1.80 bits per heavy atom. The van der Waals surface area contributed by atoms with E-state index in [1.807, 2.05) is 39.2 Å². The molecule has 0 radical (unpaired) electrons. The molecule has 170 valence electrons. The molecule has 0 aliphatic carbocycles. The number of aliphatic imine (C=N–C) groups is 1. The van der Waals surface area contributed by atoms with Crippen LogP contribution in [0, 0.1) is 0 Å². The molecule has 30 heavy (non-hydrogen) atoms. The zero-order valence-electron chi connectivity index (χ0n) is 18.6. The Morgan fingerprint density at radius 3 is 2.43 bits per heavy atom. The van der Waals surface area contributed by atoms with Gasteiger partial charge in [0.1, 0.15) is 12.4 Å². The Kier molecular flexibility index (Phi) is 12.5. The lowest BCUT2D eigenvalue weighted by Crippen LogP contribution is -2.53. The fourth-order valence-corrected chi connectivity index (χ4v) is 3.01. The smallest absolute Gasteiger partial charge is 0.409 e. The van der Waals surface area contributed by atoms with Crippen LogP contribution in [0.5, 0.6) is 5.75 Å². The number of piperazine rings is 1. The molecule has 0 spiro atoms. The average Bonchev–Trinajstić information content (AvgIpc) is 2.72. The maximum Gasteiger partial charge on any atom is 0.409 e. The molecule has 0 unspecified atom stereocenters. The van der Waals surface area contributed by atoms with E-state index in [-0.39, 0.29) is 30.1 Å². The van der Waals surface area contributed by atoms with Gasteiger partial charge in [0.25, 0.3) is 0 Å². The predicted octanol–water partition coefficient (Wildman–Crippen LogP) is 2.48. The molecule has 8 nitrogen and oxygen atoms in total. The normalized spacial score (nSPS) is 14.4. The molecule has 1 amide bonds. The summed E-state index contributed by atoms with van der Waals surface area (Å²) >= 11 is 0. The molecule has 1 aromatic rings. The minimum absolute atomic E-state index is 0. The van der Waals surface area contributed by atoms with E-state index in [0.29, 0.717) is 32.8 Å². The summed E-state index contributed by atoms with van der Waals surface area (Å²) in [6, 6.07) is 8.04. The number of carbonyl (C=O) groups excluding carboxylic acids is 1. The van der Waals surface area contributed by atoms with Gasteiger partial charge in [-0.3, -0.25) is 0 Å². The zero-order valence-corrected chi connectivity index (χ0v) is 20.9. The lowest BCUT2D eigenvalue weighted by molar-refractivity contribution is 0.0914. The number of amides is 1. The van der Waals surface area contributed by atoms with Crippen LogP contribution in [0.1, 0.15) is 19.4 Å². The van der Waals surface area contributed by atoms with Gasteiger partial charge >= 0.3 is 6.09 Å². The Balaban J connectivity index is 0.00000450. The van der Waals surface area contributed by atoms with Crippen molar-refractivity contribution in [3.63, 3.8) is 0 Å². The second kappa shape index (κ2) is 14.3. The van der Waals surface area contributed by atoms with Gasteiger partial charge in [-0.1, -0.05) is 18.2 Å². The van der Waals surface area contributed by atoms with Crippen molar-refractivity contribution >= 4 is 36.0 Å². The van der Waals surface area contributed by atoms with Crippen LogP contribution in [-0.4, -0.2) is 93.3 Å². The van der Waals surface area contributed by atoms with Gasteiger partial charge in [0.15, 0.2) is 5.96 Å². The number of rotatable bonds is 8. The van der Waals surface area contributed by atoms with Crippen LogP contribution < -0.4 is 10.1 Å². The zero-order chi connectivity index (χ0) is 21.1. The van der Waals surface area contributed by atoms with Gasteiger partial charge in [0, 0.05) is 44.8 Å². The summed E-state index contributed by atoms with van der Waals surface area (Å²) in [6.45, 7) is 9.84. The van der Waals surface area contributed by atoms with Gasteiger partial charge in [-0.15, -0.1) is 24.0 Å². The van der Waals surface area contributed by atoms with E-state index in [0.717, 1.165) is 43.5 Å². The maximum atomic E-state index is 11.9. The van der Waals surface area contributed by atoms with Gasteiger partial charge in [-0.05, 0) is 34.0 Å². The number of benzene rings is 1. The van der Waals surface area contributed by atoms with E-state index in [1.165, 1.54) is 0 Å². The average molecular weight is 533 g/mol. The van der Waals surface area contributed by atoms with E-state index in [9.17, 15) is 4.79 Å². The summed E-state index contributed by atoms with van der Waals surface area (Å²) in [5.74, 6) is 1.74. The predicted molar refractivity (Wildman–Crippen MR) is 131 cm³/mol. The van der Waals surface area contributed by atoms with Crippen LogP contribution in [0.4, 0.5) is 4.79 Å². The van der Waals surface area contributed by atoms with Gasteiger partial charge in [-0.2, -0.15) is 0 Å². The number of ether oxygens (including phenoxy) is 2. The highest BCUT2D eigenvalue weighted by atomic mass is 127. The Morgan fingerprint density at radius 1 is 1.13 bits per heavy atom. The molecule has 0 saturated carbocycles. The lowest BCUT2D eigenvalue weighted by atomic mass is 10.2. The Hall–Kier alpha value is -1.75. The summed E-state index contributed by atoms with van der Waals surface area (Å²) in [5.41, 5.74) is 1.06. The molecule has 0 bridgehead atoms. The number of nitrogens with one attached hydrogen (secondary N) is 1. The topological polar surface area (TPSA) is 69.6 Å². The van der Waals surface area contributed by atoms with Crippen molar-refractivity contribution in [3.05, 3.63) is 29.8 Å². The van der Waals surface area contributed by atoms with Crippen LogP contribution in [0.3, 0.4) is 0 Å². The van der Waals surface area contributed by atoms with Gasteiger partial charge in [0.2, 0.25) is 0 Å². The van der Waals surface area contributed by atoms with Crippen molar-refractivity contribution in [2.75, 3.05) is 66.6 Å². The summed E-state index contributed by atoms with van der Waals surface area (Å²) < 4.78 is 11.0. The van der Waals surface area contributed by atoms with Crippen molar-refractivity contribution in [1.82, 2.24) is 20.0 Å². The highest BCUT2D eigenvalue weighted by Crippen LogP contribution is 2.19. The molecule has 1 aromatic carbocycles. The number of halogens is 1. The number of nitrogens with zero attached hydrogens (tertiary/aromatic N) is 4. The molecule has 1 aliphatic rings. The van der Waals surface area contributed by atoms with E-state index in [2.05, 4.69) is 28.1 Å². The number of hydrogen-bond donors (Lipinski definition) is 1. The third-order valence-electron chi connectivity index (χ3n) is 4.61. The molecule has 1 heterocycles. The van der Waals surface area contributed by atoms with Crippen molar-refractivity contribution in [3.8, 4) is 5.75 Å². The highest BCUT2D eigenvalue weighted by Gasteiger charge is 2.23. The van der Waals surface area contributed by atoms with Gasteiger partial charge in [-0.25, -0.2) is 9.79 Å². The first-order chi connectivity index (χ1) is 14.0. The first kappa shape index (κ1) is 26.3. The fourth-order valence-electron chi connectivity index (χ4n) is 3.01. The Labute approximate surface area is 197 Å². The molecule has 2 rings (SSSR count). The second-order valence-corrected chi connectivity index (χ2v) is 7.10. The van der Waals surface area contributed by atoms with Crippen molar-refractivity contribution < 1.29 is 14.3 Å². The number of hydrogen-bond acceptors (Lipinski definition) is 5. The lowest BCUT2D eigenvalue weighted by Gasteiger charge is -2.35. The van der Waals surface area contributed by atoms with Gasteiger partial charge < -0.3 is 29.5 Å². The number of para-hydroxylation sites is 1. The van der Waals surface area contributed by atoms with Crippen molar-refractivity contribution in [2.45, 2.75) is 20.4 Å². The summed E-state index contributed by atoms with van der Waals surface area (Å²) in [6.07, 6.45) is -0.238.